The Morgan fingerprint density at radius 2 is 0.652 bits per heavy atom. The number of aromatic nitrogens is 6. The summed E-state index contributed by atoms with van der Waals surface area (Å²) in [5, 5.41) is 8.88. The molecule has 0 fully saturated rings. The zero-order chi connectivity index (χ0) is 46.2. The molecule has 8 rings (SSSR count). The van der Waals surface area contributed by atoms with Gasteiger partial charge in [0.05, 0.1) is 22.5 Å². The monoisotopic (exact) mass is 954 g/mol. The van der Waals surface area contributed by atoms with Crippen LogP contribution in [0.5, 0.6) is 0 Å². The summed E-state index contributed by atoms with van der Waals surface area (Å²) in [5.41, 5.74) is 2.78. The van der Waals surface area contributed by atoms with Gasteiger partial charge >= 0.3 is 0 Å². The maximum Gasteiger partial charge on any atom is 0.232 e. The molecule has 0 unspecified atom stereocenters. The Kier molecular flexibility index (Phi) is 15.6. The first-order valence-electron chi connectivity index (χ1n) is 22.5. The summed E-state index contributed by atoms with van der Waals surface area (Å²) in [7, 11) is 0. The standard InChI is InChI=1S/C50H50N8O4S4/c1-5-9-25-63-47-53-45(54-48(57-47)64-26-10-6-2)51-35-23-21-29(37-39(35)43(61)33-19-15-13-17-31(33)41(37)59)30-22-24-36(40-38(30)42(60)32-18-14-16-20-34(32)44(40)62)52-46-55-49(65-27-11-7-3)58-50(56-46)66-28-12-8-4/h13-24H,5-12,25-28H2,1-4H3,(H,51,53,54,57)(H,52,55,56,58). The number of fused-ring (bicyclic) bond motifs is 4. The largest absolute Gasteiger partial charge is 0.323 e. The van der Waals surface area contributed by atoms with Gasteiger partial charge in [-0.2, -0.15) is 29.9 Å². The van der Waals surface area contributed by atoms with Gasteiger partial charge in [0.25, 0.3) is 0 Å². The fourth-order valence-corrected chi connectivity index (χ4v) is 11.4. The highest BCUT2D eigenvalue weighted by atomic mass is 32.2. The molecule has 0 atom stereocenters. The molecule has 16 heteroatoms. The second-order valence-corrected chi connectivity index (χ2v) is 20.0. The van der Waals surface area contributed by atoms with Gasteiger partial charge in [0, 0.05) is 56.4 Å². The molecule has 0 amide bonds. The number of carbonyl (C=O) groups is 4. The molecule has 6 aromatic rings. The first-order chi connectivity index (χ1) is 32.2. The van der Waals surface area contributed by atoms with Gasteiger partial charge in [0.1, 0.15) is 0 Å². The first kappa shape index (κ1) is 47.1. The molecule has 2 aliphatic carbocycles. The fraction of sp³-hybridized carbons (Fsp3) is 0.320. The molecule has 0 radical (unpaired) electrons. The third kappa shape index (κ3) is 10.1. The van der Waals surface area contributed by atoms with Gasteiger partial charge in [0.2, 0.25) is 11.9 Å². The smallest absolute Gasteiger partial charge is 0.232 e. The Hall–Kier alpha value is -5.42. The van der Waals surface area contributed by atoms with Gasteiger partial charge in [-0.3, -0.25) is 19.2 Å². The molecule has 2 aromatic heterocycles. The quantitative estimate of drug-likeness (QED) is 0.0514. The third-order valence-electron chi connectivity index (χ3n) is 11.0. The molecular formula is C50H50N8O4S4. The van der Waals surface area contributed by atoms with E-state index in [1.54, 1.807) is 120 Å². The predicted molar refractivity (Wildman–Crippen MR) is 267 cm³/mol. The van der Waals surface area contributed by atoms with E-state index >= 15 is 0 Å². The van der Waals surface area contributed by atoms with Crippen molar-refractivity contribution in [2.75, 3.05) is 33.6 Å². The summed E-state index contributed by atoms with van der Waals surface area (Å²) >= 11 is 6.19. The minimum absolute atomic E-state index is 0.106. The predicted octanol–water partition coefficient (Wildman–Crippen LogP) is 12.3. The summed E-state index contributed by atoms with van der Waals surface area (Å²) in [6, 6.07) is 20.4. The fourth-order valence-electron chi connectivity index (χ4n) is 7.62. The summed E-state index contributed by atoms with van der Waals surface area (Å²) < 4.78 is 0. The molecule has 0 spiro atoms. The van der Waals surface area contributed by atoms with Gasteiger partial charge < -0.3 is 10.6 Å². The lowest BCUT2D eigenvalue weighted by Gasteiger charge is -2.26. The molecular weight excluding hydrogens is 905 g/mol. The maximum atomic E-state index is 14.9. The molecule has 2 heterocycles. The van der Waals surface area contributed by atoms with Crippen molar-refractivity contribution in [1.82, 2.24) is 29.9 Å². The highest BCUT2D eigenvalue weighted by Crippen LogP contribution is 2.44. The van der Waals surface area contributed by atoms with Crippen molar-refractivity contribution in [2.45, 2.75) is 99.7 Å². The topological polar surface area (TPSA) is 170 Å². The number of benzene rings is 4. The van der Waals surface area contributed by atoms with Crippen LogP contribution in [0, 0.1) is 0 Å². The van der Waals surface area contributed by atoms with Crippen molar-refractivity contribution in [3.8, 4) is 11.1 Å². The zero-order valence-electron chi connectivity index (χ0n) is 37.4. The second kappa shape index (κ2) is 21.9. The summed E-state index contributed by atoms with van der Waals surface area (Å²) in [6.07, 6.45) is 8.12. The van der Waals surface area contributed by atoms with Crippen LogP contribution in [0.3, 0.4) is 0 Å². The Morgan fingerprint density at radius 1 is 0.364 bits per heavy atom. The van der Waals surface area contributed by atoms with Crippen LogP contribution in [-0.4, -0.2) is 76.0 Å². The van der Waals surface area contributed by atoms with E-state index in [1.165, 1.54) is 0 Å². The van der Waals surface area contributed by atoms with Gasteiger partial charge in [-0.1, -0.05) is 161 Å². The van der Waals surface area contributed by atoms with Gasteiger partial charge in [-0.05, 0) is 48.9 Å². The molecule has 2 aliphatic rings. The molecule has 4 aromatic carbocycles. The van der Waals surface area contributed by atoms with E-state index in [2.05, 4.69) is 38.3 Å². The Labute approximate surface area is 402 Å². The molecule has 0 saturated heterocycles. The Morgan fingerprint density at radius 3 is 0.939 bits per heavy atom. The third-order valence-corrected chi connectivity index (χ3v) is 14.8. The van der Waals surface area contributed by atoms with E-state index in [-0.39, 0.29) is 68.0 Å². The highest BCUT2D eigenvalue weighted by molar-refractivity contribution is 8.00. The van der Waals surface area contributed by atoms with E-state index < -0.39 is 11.6 Å². The summed E-state index contributed by atoms with van der Waals surface area (Å²) in [5.74, 6) is 2.33. The SMILES string of the molecule is CCCCSc1nc(Nc2ccc(-c3ccc(Nc4nc(SCCCC)nc(SCCCC)n4)c4c3C(=O)c3ccccc3C4=O)c3c2C(=O)c2ccccc2C3=O)nc(SCCCC)n1. The van der Waals surface area contributed by atoms with Crippen molar-refractivity contribution in [3.05, 3.63) is 117 Å². The number of thioether (sulfide) groups is 4. The molecule has 12 nitrogen and oxygen atoms in total. The zero-order valence-corrected chi connectivity index (χ0v) is 40.6. The average molecular weight is 955 g/mol. The van der Waals surface area contributed by atoms with E-state index in [4.69, 9.17) is 29.9 Å². The summed E-state index contributed by atoms with van der Waals surface area (Å²) in [4.78, 5) is 87.8. The van der Waals surface area contributed by atoms with Crippen molar-refractivity contribution >= 4 is 93.5 Å². The molecule has 0 aliphatic heterocycles. The molecule has 0 saturated carbocycles. The van der Waals surface area contributed by atoms with Crippen LogP contribution in [0.4, 0.5) is 23.3 Å². The molecule has 66 heavy (non-hydrogen) atoms. The lowest BCUT2D eigenvalue weighted by atomic mass is 9.75. The van der Waals surface area contributed by atoms with E-state index in [1.807, 2.05) is 0 Å². The highest BCUT2D eigenvalue weighted by Gasteiger charge is 2.39. The maximum absolute atomic E-state index is 14.9. The minimum Gasteiger partial charge on any atom is -0.323 e. The second-order valence-electron chi connectivity index (χ2n) is 15.7. The van der Waals surface area contributed by atoms with Crippen molar-refractivity contribution in [3.63, 3.8) is 0 Å². The number of nitrogens with one attached hydrogen (secondary N) is 2. The van der Waals surface area contributed by atoms with Gasteiger partial charge in [0.15, 0.2) is 43.8 Å². The number of carbonyl (C=O) groups excluding carboxylic acids is 4. The van der Waals surface area contributed by atoms with Crippen molar-refractivity contribution < 1.29 is 19.2 Å². The molecule has 0 bridgehead atoms. The van der Waals surface area contributed by atoms with Crippen LogP contribution in [-0.2, 0) is 0 Å². The molecule has 338 valence electrons. The Balaban J connectivity index is 1.28. The Bertz CT molecular complexity index is 2590. The first-order valence-corrected chi connectivity index (χ1v) is 26.5. The van der Waals surface area contributed by atoms with E-state index in [0.717, 1.165) is 74.4 Å². The van der Waals surface area contributed by atoms with Crippen molar-refractivity contribution in [1.29, 1.82) is 0 Å². The van der Waals surface area contributed by atoms with Gasteiger partial charge in [-0.15, -0.1) is 0 Å². The van der Waals surface area contributed by atoms with Crippen LogP contribution in [0.1, 0.15) is 143 Å². The van der Waals surface area contributed by atoms with E-state index in [0.29, 0.717) is 43.1 Å². The average Bonchev–Trinajstić information content (AvgIpc) is 3.32. The minimum atomic E-state index is -0.390. The van der Waals surface area contributed by atoms with Crippen LogP contribution < -0.4 is 10.6 Å². The normalized spacial score (nSPS) is 12.7. The molecule has 2 N–H and O–H groups in total. The van der Waals surface area contributed by atoms with Crippen LogP contribution in [0.15, 0.2) is 93.4 Å². The number of unbranched alkanes of at least 4 members (excludes halogenated alkanes) is 4. The number of hydrogen-bond donors (Lipinski definition) is 2. The van der Waals surface area contributed by atoms with Crippen molar-refractivity contribution in [2.24, 2.45) is 0 Å². The van der Waals surface area contributed by atoms with Crippen LogP contribution in [0.2, 0.25) is 0 Å². The number of hydrogen-bond acceptors (Lipinski definition) is 16. The summed E-state index contributed by atoms with van der Waals surface area (Å²) in [6.45, 7) is 8.54. The number of ketones is 4. The van der Waals surface area contributed by atoms with E-state index in [9.17, 15) is 19.2 Å². The van der Waals surface area contributed by atoms with Crippen LogP contribution >= 0.6 is 47.0 Å². The lowest BCUT2D eigenvalue weighted by Crippen LogP contribution is -2.25. The van der Waals surface area contributed by atoms with Crippen LogP contribution in [0.25, 0.3) is 11.1 Å². The van der Waals surface area contributed by atoms with Gasteiger partial charge in [-0.25, -0.2) is 0 Å². The number of nitrogens with zero attached hydrogens (tertiary/aromatic N) is 6. The number of rotatable bonds is 21. The lowest BCUT2D eigenvalue weighted by molar-refractivity contribution is 0.0978. The number of anilines is 4.